The van der Waals surface area contributed by atoms with Crippen LogP contribution < -0.4 is 4.74 Å². The maximum Gasteiger partial charge on any atom is 0.344 e. The van der Waals surface area contributed by atoms with Crippen molar-refractivity contribution in [2.75, 3.05) is 0 Å². The van der Waals surface area contributed by atoms with Gasteiger partial charge in [0.2, 0.25) is 0 Å². The maximum atomic E-state index is 12.9. The lowest BCUT2D eigenvalue weighted by atomic mass is 9.78. The van der Waals surface area contributed by atoms with Gasteiger partial charge in [-0.15, -0.1) is 0 Å². The fourth-order valence-corrected chi connectivity index (χ4v) is 3.38. The largest absolute Gasteiger partial charge is 0.422 e. The molecule has 0 heterocycles. The van der Waals surface area contributed by atoms with E-state index < -0.39 is 0 Å². The summed E-state index contributed by atoms with van der Waals surface area (Å²) >= 11 is 2.17. The smallest absolute Gasteiger partial charge is 0.344 e. The van der Waals surface area contributed by atoms with Gasteiger partial charge in [0.15, 0.2) is 0 Å². The minimum atomic E-state index is -0.301. The van der Waals surface area contributed by atoms with Crippen molar-refractivity contribution in [1.29, 1.82) is 0 Å². The summed E-state index contributed by atoms with van der Waals surface area (Å²) in [6.07, 6.45) is 0. The van der Waals surface area contributed by atoms with Gasteiger partial charge in [-0.05, 0) is 52.5 Å². The molecule has 0 aliphatic rings. The molecule has 0 bridgehead atoms. The Morgan fingerprint density at radius 2 is 1.40 bits per heavy atom. The van der Waals surface area contributed by atoms with Crippen LogP contribution in [-0.2, 0) is 10.8 Å². The van der Waals surface area contributed by atoms with Crippen LogP contribution >= 0.6 is 22.6 Å². The van der Waals surface area contributed by atoms with Crippen LogP contribution in [0.4, 0.5) is 0 Å². The zero-order chi connectivity index (χ0) is 19.0. The molecule has 0 aliphatic heterocycles. The average Bonchev–Trinajstić information content (AvgIpc) is 2.46. The van der Waals surface area contributed by atoms with E-state index in [1.54, 1.807) is 0 Å². The Hall–Kier alpha value is -1.36. The molecule has 2 nitrogen and oxygen atoms in total. The van der Waals surface area contributed by atoms with Crippen molar-refractivity contribution in [1.82, 2.24) is 0 Å². The van der Waals surface area contributed by atoms with E-state index in [4.69, 9.17) is 4.74 Å². The predicted molar refractivity (Wildman–Crippen MR) is 113 cm³/mol. The number of benzene rings is 2. The molecule has 3 heteroatoms. The van der Waals surface area contributed by atoms with Crippen LogP contribution in [-0.4, -0.2) is 5.97 Å². The van der Waals surface area contributed by atoms with E-state index in [0.29, 0.717) is 11.3 Å². The van der Waals surface area contributed by atoms with E-state index in [2.05, 4.69) is 83.2 Å². The minimum Gasteiger partial charge on any atom is -0.422 e. The molecular weight excluding hydrogens is 423 g/mol. The summed E-state index contributed by atoms with van der Waals surface area (Å²) in [6, 6.07) is 11.8. The van der Waals surface area contributed by atoms with Gasteiger partial charge >= 0.3 is 5.97 Å². The van der Waals surface area contributed by atoms with Crippen LogP contribution in [0, 0.1) is 10.5 Å². The highest BCUT2D eigenvalue weighted by Gasteiger charge is 2.29. The summed E-state index contributed by atoms with van der Waals surface area (Å²) in [6.45, 7) is 15.0. The predicted octanol–water partition coefficient (Wildman–Crippen LogP) is 6.41. The summed E-state index contributed by atoms with van der Waals surface area (Å²) < 4.78 is 6.90. The zero-order valence-corrected chi connectivity index (χ0v) is 18.3. The lowest BCUT2D eigenvalue weighted by Crippen LogP contribution is -2.22. The third kappa shape index (κ3) is 4.63. The molecule has 0 N–H and O–H groups in total. The molecule has 0 saturated heterocycles. The van der Waals surface area contributed by atoms with Crippen LogP contribution in [0.5, 0.6) is 5.75 Å². The molecular formula is C22H27IO2. The first-order valence-electron chi connectivity index (χ1n) is 8.53. The number of ether oxygens (including phenoxy) is 1. The van der Waals surface area contributed by atoms with Crippen molar-refractivity contribution in [3.8, 4) is 5.75 Å². The van der Waals surface area contributed by atoms with Gasteiger partial charge in [-0.2, -0.15) is 0 Å². The third-order valence-electron chi connectivity index (χ3n) is 4.14. The van der Waals surface area contributed by atoms with Crippen molar-refractivity contribution in [3.63, 3.8) is 0 Å². The molecule has 134 valence electrons. The van der Waals surface area contributed by atoms with Gasteiger partial charge in [0.05, 0.1) is 5.56 Å². The van der Waals surface area contributed by atoms with Gasteiger partial charge < -0.3 is 4.74 Å². The molecule has 0 saturated carbocycles. The molecule has 0 atom stereocenters. The monoisotopic (exact) mass is 450 g/mol. The lowest BCUT2D eigenvalue weighted by Gasteiger charge is -2.29. The SMILES string of the molecule is Cc1cc(C(C)(C)C)c(OC(=O)c2ccccc2I)c(C(C)(C)C)c1. The van der Waals surface area contributed by atoms with Crippen LogP contribution in [0.1, 0.15) is 68.6 Å². The van der Waals surface area contributed by atoms with Crippen molar-refractivity contribution in [2.24, 2.45) is 0 Å². The van der Waals surface area contributed by atoms with Gasteiger partial charge in [-0.1, -0.05) is 71.4 Å². The first-order chi connectivity index (χ1) is 11.4. The van der Waals surface area contributed by atoms with E-state index in [1.165, 1.54) is 5.56 Å². The highest BCUT2D eigenvalue weighted by Crippen LogP contribution is 2.41. The second kappa shape index (κ2) is 7.10. The molecule has 0 amide bonds. The van der Waals surface area contributed by atoms with E-state index >= 15 is 0 Å². The normalized spacial score (nSPS) is 12.2. The Labute approximate surface area is 165 Å². The Balaban J connectivity index is 2.62. The maximum absolute atomic E-state index is 12.9. The topological polar surface area (TPSA) is 26.3 Å². The third-order valence-corrected chi connectivity index (χ3v) is 5.08. The number of esters is 1. The molecule has 0 aliphatic carbocycles. The van der Waals surface area contributed by atoms with E-state index in [-0.39, 0.29) is 16.8 Å². The van der Waals surface area contributed by atoms with E-state index in [1.807, 2.05) is 24.3 Å². The number of hydrogen-bond donors (Lipinski definition) is 0. The first kappa shape index (κ1) is 20.0. The quantitative estimate of drug-likeness (QED) is 0.300. The molecule has 2 aromatic carbocycles. The van der Waals surface area contributed by atoms with Crippen molar-refractivity contribution in [3.05, 3.63) is 62.2 Å². The number of hydrogen-bond acceptors (Lipinski definition) is 2. The summed E-state index contributed by atoms with van der Waals surface area (Å²) in [7, 11) is 0. The van der Waals surface area contributed by atoms with Crippen molar-refractivity contribution in [2.45, 2.75) is 59.3 Å². The fourth-order valence-electron chi connectivity index (χ4n) is 2.77. The molecule has 2 aromatic rings. The number of rotatable bonds is 2. The van der Waals surface area contributed by atoms with Gasteiger partial charge in [-0.25, -0.2) is 4.79 Å². The molecule has 0 fully saturated rings. The van der Waals surface area contributed by atoms with Gasteiger partial charge in [0, 0.05) is 14.7 Å². The highest BCUT2D eigenvalue weighted by molar-refractivity contribution is 14.1. The Morgan fingerprint density at radius 3 is 1.84 bits per heavy atom. The van der Waals surface area contributed by atoms with E-state index in [9.17, 15) is 4.79 Å². The van der Waals surface area contributed by atoms with Crippen LogP contribution in [0.25, 0.3) is 0 Å². The van der Waals surface area contributed by atoms with Crippen LogP contribution in [0.15, 0.2) is 36.4 Å². The molecule has 0 aromatic heterocycles. The van der Waals surface area contributed by atoms with Gasteiger partial charge in [0.25, 0.3) is 0 Å². The highest BCUT2D eigenvalue weighted by atomic mass is 127. The zero-order valence-electron chi connectivity index (χ0n) is 16.2. The van der Waals surface area contributed by atoms with Gasteiger partial charge in [0.1, 0.15) is 5.75 Å². The Bertz CT molecular complexity index is 757. The molecule has 0 radical (unpaired) electrons. The molecule has 0 spiro atoms. The second-order valence-electron chi connectivity index (χ2n) is 8.56. The molecule has 2 rings (SSSR count). The summed E-state index contributed by atoms with van der Waals surface area (Å²) in [4.78, 5) is 12.9. The lowest BCUT2D eigenvalue weighted by molar-refractivity contribution is 0.0727. The Kier molecular flexibility index (Phi) is 5.67. The summed E-state index contributed by atoms with van der Waals surface area (Å²) in [5.74, 6) is 0.403. The van der Waals surface area contributed by atoms with Crippen molar-refractivity contribution < 1.29 is 9.53 Å². The Morgan fingerprint density at radius 1 is 0.920 bits per heavy atom. The fraction of sp³-hybridized carbons (Fsp3) is 0.409. The molecule has 25 heavy (non-hydrogen) atoms. The molecule has 0 unspecified atom stereocenters. The second-order valence-corrected chi connectivity index (χ2v) is 9.72. The number of carbonyl (C=O) groups is 1. The van der Waals surface area contributed by atoms with Crippen LogP contribution in [0.2, 0.25) is 0 Å². The number of carbonyl (C=O) groups excluding carboxylic acids is 1. The minimum absolute atomic E-state index is 0.120. The summed E-state index contributed by atoms with van der Waals surface area (Å²) in [5.41, 5.74) is 3.68. The van der Waals surface area contributed by atoms with Crippen LogP contribution in [0.3, 0.4) is 0 Å². The average molecular weight is 450 g/mol. The van der Waals surface area contributed by atoms with Crippen molar-refractivity contribution >= 4 is 28.6 Å². The van der Waals surface area contributed by atoms with Gasteiger partial charge in [-0.3, -0.25) is 0 Å². The first-order valence-corrected chi connectivity index (χ1v) is 9.61. The summed E-state index contributed by atoms with van der Waals surface area (Å²) in [5, 5.41) is 0. The number of halogens is 1. The van der Waals surface area contributed by atoms with E-state index in [0.717, 1.165) is 14.7 Å². The standard InChI is InChI=1S/C22H27IO2/c1-14-12-16(21(2,3)4)19(17(13-14)22(5,6)7)25-20(24)15-10-8-9-11-18(15)23/h8-13H,1-7H3. The number of aryl methyl sites for hydroxylation is 1.